The van der Waals surface area contributed by atoms with Crippen LogP contribution in [0.15, 0.2) is 29.8 Å². The first-order valence-electron chi connectivity index (χ1n) is 5.17. The van der Waals surface area contributed by atoms with Crippen LogP contribution in [0.4, 0.5) is 0 Å². The van der Waals surface area contributed by atoms with Crippen LogP contribution in [-0.2, 0) is 9.53 Å². The maximum Gasteiger partial charge on any atom is 0.335 e. The van der Waals surface area contributed by atoms with Gasteiger partial charge in [0.2, 0.25) is 0 Å². The van der Waals surface area contributed by atoms with Gasteiger partial charge in [0.1, 0.15) is 0 Å². The van der Waals surface area contributed by atoms with E-state index in [0.29, 0.717) is 12.2 Å². The predicted octanol–water partition coefficient (Wildman–Crippen LogP) is 3.18. The summed E-state index contributed by atoms with van der Waals surface area (Å²) in [6.07, 6.45) is 1.75. The third-order valence-electron chi connectivity index (χ3n) is 2.10. The van der Waals surface area contributed by atoms with E-state index < -0.39 is 0 Å². The molecule has 16 heavy (non-hydrogen) atoms. The van der Waals surface area contributed by atoms with Crippen LogP contribution in [0.3, 0.4) is 0 Å². The van der Waals surface area contributed by atoms with Gasteiger partial charge in [-0.3, -0.25) is 0 Å². The van der Waals surface area contributed by atoms with E-state index in [0.717, 1.165) is 5.56 Å². The van der Waals surface area contributed by atoms with Gasteiger partial charge in [-0.25, -0.2) is 4.79 Å². The molecule has 0 radical (unpaired) electrons. The average Bonchev–Trinajstić information content (AvgIpc) is 2.28. The number of carbonyl (C=O) groups is 1. The molecule has 0 atom stereocenters. The predicted molar refractivity (Wildman–Crippen MR) is 66.5 cm³/mol. The van der Waals surface area contributed by atoms with Crippen molar-refractivity contribution in [3.8, 4) is 0 Å². The first-order valence-corrected chi connectivity index (χ1v) is 5.71. The van der Waals surface area contributed by atoms with Crippen LogP contribution in [0.5, 0.6) is 0 Å². The second-order valence-corrected chi connectivity index (χ2v) is 3.70. The zero-order chi connectivity index (χ0) is 12.0. The standard InChI is InChI=1S/C13H15ClO2/c1-3-16-13(15)12(9-14)8-11-6-4-10(2)5-7-11/h4-8H,3,9H2,1-2H3/b12-8+. The number of rotatable bonds is 4. The Morgan fingerprint density at radius 1 is 1.38 bits per heavy atom. The molecule has 2 nitrogen and oxygen atoms in total. The van der Waals surface area contributed by atoms with Gasteiger partial charge in [0.05, 0.1) is 18.1 Å². The Kier molecular flexibility index (Phi) is 5.06. The highest BCUT2D eigenvalue weighted by Crippen LogP contribution is 2.11. The normalized spacial score (nSPS) is 11.3. The molecular formula is C13H15ClO2. The molecule has 3 heteroatoms. The number of benzene rings is 1. The van der Waals surface area contributed by atoms with E-state index in [4.69, 9.17) is 16.3 Å². The molecule has 0 spiro atoms. The fraction of sp³-hybridized carbons (Fsp3) is 0.308. The lowest BCUT2D eigenvalue weighted by molar-refractivity contribution is -0.138. The average molecular weight is 239 g/mol. The molecule has 0 aliphatic rings. The molecule has 0 amide bonds. The number of hydrogen-bond acceptors (Lipinski definition) is 2. The fourth-order valence-corrected chi connectivity index (χ4v) is 1.43. The van der Waals surface area contributed by atoms with Crippen LogP contribution in [-0.4, -0.2) is 18.5 Å². The summed E-state index contributed by atoms with van der Waals surface area (Å²) in [5.41, 5.74) is 2.61. The molecule has 0 unspecified atom stereocenters. The van der Waals surface area contributed by atoms with Crippen molar-refractivity contribution in [2.75, 3.05) is 12.5 Å². The number of halogens is 1. The van der Waals surface area contributed by atoms with Crippen LogP contribution < -0.4 is 0 Å². The third kappa shape index (κ3) is 3.70. The molecule has 0 bridgehead atoms. The molecule has 1 rings (SSSR count). The fourth-order valence-electron chi connectivity index (χ4n) is 1.24. The van der Waals surface area contributed by atoms with E-state index in [1.54, 1.807) is 13.0 Å². The lowest BCUT2D eigenvalue weighted by Crippen LogP contribution is -2.08. The Morgan fingerprint density at radius 3 is 2.50 bits per heavy atom. The summed E-state index contributed by atoms with van der Waals surface area (Å²) >= 11 is 5.71. The molecule has 1 aromatic rings. The van der Waals surface area contributed by atoms with Gasteiger partial charge in [-0.05, 0) is 25.5 Å². The number of aryl methyl sites for hydroxylation is 1. The summed E-state index contributed by atoms with van der Waals surface area (Å²) in [5.74, 6) is -0.190. The van der Waals surface area contributed by atoms with E-state index in [9.17, 15) is 4.79 Å². The molecule has 0 fully saturated rings. The summed E-state index contributed by atoms with van der Waals surface area (Å²) in [6.45, 7) is 4.15. The van der Waals surface area contributed by atoms with Crippen LogP contribution >= 0.6 is 11.6 Å². The number of carbonyl (C=O) groups excluding carboxylic acids is 1. The topological polar surface area (TPSA) is 26.3 Å². The maximum atomic E-state index is 11.5. The smallest absolute Gasteiger partial charge is 0.335 e. The zero-order valence-corrected chi connectivity index (χ0v) is 10.3. The molecular weight excluding hydrogens is 224 g/mol. The number of alkyl halides is 1. The summed E-state index contributed by atoms with van der Waals surface area (Å²) in [5, 5.41) is 0. The van der Waals surface area contributed by atoms with E-state index in [1.807, 2.05) is 31.2 Å². The molecule has 0 saturated carbocycles. The Balaban J connectivity index is 2.87. The lowest BCUT2D eigenvalue weighted by Gasteiger charge is -2.03. The minimum atomic E-state index is -0.349. The van der Waals surface area contributed by atoms with Crippen molar-refractivity contribution in [1.29, 1.82) is 0 Å². The molecule has 0 N–H and O–H groups in total. The first-order chi connectivity index (χ1) is 7.67. The Hall–Kier alpha value is -1.28. The second kappa shape index (κ2) is 6.33. The van der Waals surface area contributed by atoms with Crippen LogP contribution in [0, 0.1) is 6.92 Å². The molecule has 0 saturated heterocycles. The Bertz CT molecular complexity index is 379. The summed E-state index contributed by atoms with van der Waals surface area (Å²) in [6, 6.07) is 7.87. The lowest BCUT2D eigenvalue weighted by atomic mass is 10.1. The Morgan fingerprint density at radius 2 is 2.00 bits per heavy atom. The van der Waals surface area contributed by atoms with E-state index >= 15 is 0 Å². The molecule has 0 aliphatic carbocycles. The highest BCUT2D eigenvalue weighted by Gasteiger charge is 2.08. The van der Waals surface area contributed by atoms with E-state index in [-0.39, 0.29) is 11.8 Å². The van der Waals surface area contributed by atoms with Crippen molar-refractivity contribution >= 4 is 23.6 Å². The van der Waals surface area contributed by atoms with Gasteiger partial charge in [0.15, 0.2) is 0 Å². The molecule has 86 valence electrons. The van der Waals surface area contributed by atoms with E-state index in [2.05, 4.69) is 0 Å². The van der Waals surface area contributed by atoms with Gasteiger partial charge < -0.3 is 4.74 Å². The van der Waals surface area contributed by atoms with Gasteiger partial charge >= 0.3 is 5.97 Å². The van der Waals surface area contributed by atoms with Crippen molar-refractivity contribution in [2.24, 2.45) is 0 Å². The monoisotopic (exact) mass is 238 g/mol. The minimum Gasteiger partial charge on any atom is -0.463 e. The molecule has 0 aromatic heterocycles. The molecule has 0 heterocycles. The molecule has 1 aromatic carbocycles. The van der Waals surface area contributed by atoms with Gasteiger partial charge in [-0.15, -0.1) is 11.6 Å². The number of ether oxygens (including phenoxy) is 1. The van der Waals surface area contributed by atoms with Crippen molar-refractivity contribution in [1.82, 2.24) is 0 Å². The van der Waals surface area contributed by atoms with Crippen LogP contribution in [0.1, 0.15) is 18.1 Å². The number of hydrogen-bond donors (Lipinski definition) is 0. The Labute approximate surface area is 101 Å². The van der Waals surface area contributed by atoms with Gasteiger partial charge in [0.25, 0.3) is 0 Å². The second-order valence-electron chi connectivity index (χ2n) is 3.43. The first kappa shape index (κ1) is 12.8. The summed E-state index contributed by atoms with van der Waals surface area (Å²) in [7, 11) is 0. The maximum absolute atomic E-state index is 11.5. The van der Waals surface area contributed by atoms with Gasteiger partial charge in [-0.1, -0.05) is 29.8 Å². The SMILES string of the molecule is CCOC(=O)/C(=C/c1ccc(C)cc1)CCl. The zero-order valence-electron chi connectivity index (χ0n) is 9.50. The van der Waals surface area contributed by atoms with Crippen molar-refractivity contribution in [2.45, 2.75) is 13.8 Å². The van der Waals surface area contributed by atoms with Crippen molar-refractivity contribution < 1.29 is 9.53 Å². The molecule has 0 aliphatic heterocycles. The van der Waals surface area contributed by atoms with E-state index in [1.165, 1.54) is 5.56 Å². The van der Waals surface area contributed by atoms with Crippen molar-refractivity contribution in [3.05, 3.63) is 41.0 Å². The summed E-state index contributed by atoms with van der Waals surface area (Å²) in [4.78, 5) is 11.5. The highest BCUT2D eigenvalue weighted by molar-refractivity contribution is 6.23. The summed E-state index contributed by atoms with van der Waals surface area (Å²) < 4.78 is 4.90. The largest absolute Gasteiger partial charge is 0.463 e. The van der Waals surface area contributed by atoms with Gasteiger partial charge in [0, 0.05) is 0 Å². The van der Waals surface area contributed by atoms with Crippen LogP contribution in [0.25, 0.3) is 6.08 Å². The quantitative estimate of drug-likeness (QED) is 0.458. The van der Waals surface area contributed by atoms with Crippen LogP contribution in [0.2, 0.25) is 0 Å². The van der Waals surface area contributed by atoms with Crippen molar-refractivity contribution in [3.63, 3.8) is 0 Å². The van der Waals surface area contributed by atoms with Gasteiger partial charge in [-0.2, -0.15) is 0 Å². The minimum absolute atomic E-state index is 0.159. The number of esters is 1. The highest BCUT2D eigenvalue weighted by atomic mass is 35.5. The third-order valence-corrected chi connectivity index (χ3v) is 2.39.